The molecule has 5 aliphatic rings. The van der Waals surface area contributed by atoms with Crippen LogP contribution in [0.25, 0.3) is 0 Å². The molecule has 7 amide bonds. The first-order valence-corrected chi connectivity index (χ1v) is 21.1. The number of rotatable bonds is 12. The number of unbranched alkanes of at least 4 members (excludes halogenated alkanes) is 1. The summed E-state index contributed by atoms with van der Waals surface area (Å²) in [5, 5.41) is 2.36. The highest BCUT2D eigenvalue weighted by atomic mass is 16.2. The van der Waals surface area contributed by atoms with E-state index >= 15 is 0 Å². The van der Waals surface area contributed by atoms with Crippen molar-refractivity contribution in [1.82, 2.24) is 34.9 Å². The number of aromatic nitrogens is 2. The number of hydrogen-bond donors (Lipinski definition) is 2. The van der Waals surface area contributed by atoms with Crippen LogP contribution in [-0.4, -0.2) is 124 Å². The lowest BCUT2D eigenvalue weighted by Crippen LogP contribution is -2.52. The quantitative estimate of drug-likeness (QED) is 0.205. The third-order valence-electron chi connectivity index (χ3n) is 12.9. The highest BCUT2D eigenvalue weighted by Gasteiger charge is 2.40. The van der Waals surface area contributed by atoms with E-state index in [1.54, 1.807) is 22.1 Å². The lowest BCUT2D eigenvalue weighted by molar-refractivity contribution is -0.137. The van der Waals surface area contributed by atoms with Gasteiger partial charge in [0.2, 0.25) is 17.7 Å². The molecule has 310 valence electrons. The number of likely N-dealkylation sites (N-methyl/N-ethyl adjacent to an activating group) is 1. The van der Waals surface area contributed by atoms with Crippen LogP contribution in [0.3, 0.4) is 0 Å². The van der Waals surface area contributed by atoms with Gasteiger partial charge < -0.3 is 30.2 Å². The summed E-state index contributed by atoms with van der Waals surface area (Å²) in [6.07, 6.45) is 8.99. The minimum Gasteiger partial charge on any atom is -0.364 e. The van der Waals surface area contributed by atoms with Gasteiger partial charge in [0.25, 0.3) is 11.8 Å². The van der Waals surface area contributed by atoms with Gasteiger partial charge >= 0.3 is 6.03 Å². The Morgan fingerprint density at radius 2 is 1.69 bits per heavy atom. The number of imide groups is 1. The molecule has 4 saturated heterocycles. The Morgan fingerprint density at radius 3 is 2.42 bits per heavy atom. The van der Waals surface area contributed by atoms with Gasteiger partial charge in [0.15, 0.2) is 0 Å². The molecule has 3 aromatic rings. The van der Waals surface area contributed by atoms with E-state index in [4.69, 9.17) is 10.7 Å². The van der Waals surface area contributed by atoms with Gasteiger partial charge in [-0.3, -0.25) is 29.3 Å². The first-order valence-electron chi connectivity index (χ1n) is 21.1. The number of likely N-dealkylation sites (tertiary alicyclic amines) is 1. The molecule has 0 aliphatic carbocycles. The highest BCUT2D eigenvalue weighted by Crippen LogP contribution is 2.32. The monoisotopic (exact) mass is 803 g/mol. The second-order valence-corrected chi connectivity index (χ2v) is 16.7. The molecule has 5 aliphatic heterocycles. The fourth-order valence-electron chi connectivity index (χ4n) is 9.52. The fraction of sp³-hybridized carbons (Fsp3) is 0.500. The van der Waals surface area contributed by atoms with Crippen LogP contribution in [0, 0.1) is 0 Å². The number of piperidine rings is 3. The topological polar surface area (TPSA) is 182 Å². The summed E-state index contributed by atoms with van der Waals surface area (Å²) in [5.41, 5.74) is 11.3. The van der Waals surface area contributed by atoms with E-state index in [0.29, 0.717) is 68.4 Å². The Balaban J connectivity index is 0.805. The molecule has 0 bridgehead atoms. The highest BCUT2D eigenvalue weighted by molar-refractivity contribution is 6.05. The number of aryl methyl sites for hydroxylation is 1. The zero-order valence-corrected chi connectivity index (χ0v) is 33.7. The number of carbonyl (C=O) groups is 6. The summed E-state index contributed by atoms with van der Waals surface area (Å²) in [6, 6.07) is 13.6. The number of urea groups is 1. The van der Waals surface area contributed by atoms with Gasteiger partial charge in [-0.05, 0) is 85.6 Å². The van der Waals surface area contributed by atoms with Crippen LogP contribution in [0.15, 0.2) is 48.7 Å². The Kier molecular flexibility index (Phi) is 11.6. The maximum absolute atomic E-state index is 13.2. The Bertz CT molecular complexity index is 2130. The number of benzene rings is 2. The zero-order chi connectivity index (χ0) is 41.2. The number of anilines is 1. The molecule has 4 fully saturated rings. The molecule has 59 heavy (non-hydrogen) atoms. The summed E-state index contributed by atoms with van der Waals surface area (Å²) < 4.78 is 0. The van der Waals surface area contributed by atoms with Crippen molar-refractivity contribution in [3.8, 4) is 0 Å². The average Bonchev–Trinajstić information content (AvgIpc) is 3.76. The van der Waals surface area contributed by atoms with E-state index < -0.39 is 17.9 Å². The third kappa shape index (κ3) is 8.51. The molecule has 1 aromatic heterocycles. The molecule has 15 heteroatoms. The predicted octanol–water partition coefficient (Wildman–Crippen LogP) is 3.38. The molecule has 1 unspecified atom stereocenters. The van der Waals surface area contributed by atoms with Gasteiger partial charge in [-0.2, -0.15) is 0 Å². The van der Waals surface area contributed by atoms with Gasteiger partial charge in [0.1, 0.15) is 17.6 Å². The largest absolute Gasteiger partial charge is 0.364 e. The molecule has 6 heterocycles. The molecule has 0 radical (unpaired) electrons. The number of primary amides is 1. The van der Waals surface area contributed by atoms with Crippen molar-refractivity contribution in [2.24, 2.45) is 5.73 Å². The van der Waals surface area contributed by atoms with E-state index in [1.807, 2.05) is 29.0 Å². The lowest BCUT2D eigenvalue weighted by atomic mass is 9.88. The first-order chi connectivity index (χ1) is 28.5. The van der Waals surface area contributed by atoms with Crippen molar-refractivity contribution >= 4 is 41.4 Å². The summed E-state index contributed by atoms with van der Waals surface area (Å²) in [7, 11) is 1.83. The number of fused-ring (bicyclic) bond motifs is 1. The van der Waals surface area contributed by atoms with E-state index in [1.165, 1.54) is 5.56 Å². The number of amides is 7. The van der Waals surface area contributed by atoms with Crippen LogP contribution < -0.4 is 16.0 Å². The van der Waals surface area contributed by atoms with Gasteiger partial charge in [-0.1, -0.05) is 36.4 Å². The van der Waals surface area contributed by atoms with Crippen LogP contribution in [0.2, 0.25) is 0 Å². The molecule has 0 spiro atoms. The minimum absolute atomic E-state index is 0.0652. The van der Waals surface area contributed by atoms with Crippen molar-refractivity contribution in [3.05, 3.63) is 87.9 Å². The normalized spacial score (nSPS) is 21.3. The first kappa shape index (κ1) is 39.9. The maximum Gasteiger partial charge on any atom is 0.320 e. The third-order valence-corrected chi connectivity index (χ3v) is 12.9. The smallest absolute Gasteiger partial charge is 0.320 e. The van der Waals surface area contributed by atoms with Crippen LogP contribution in [0.1, 0.15) is 112 Å². The predicted molar refractivity (Wildman–Crippen MR) is 218 cm³/mol. The summed E-state index contributed by atoms with van der Waals surface area (Å²) >= 11 is 0. The standard InChI is InChI=1S/C44H53N9O6/c1-49-22-23-52(44(49)59)32-8-5-19-51(26-32)37-25-46-40(41(45)56)35(47-37)24-28-11-13-29(14-12-28)30-17-20-50(21-18-30)39(55)10-3-2-6-31-7-4-9-33-34(31)27-53(43(33)58)36-15-16-38(54)48-42(36)57/h4,7,9,11-14,25,30,32,36H,2-3,5-6,8,10,15-24,26-27H2,1H3,(H2,45,56)(H,48,54,57)/t32-,36?/m1/s1. The van der Waals surface area contributed by atoms with E-state index in [2.05, 4.69) is 39.5 Å². The zero-order valence-electron chi connectivity index (χ0n) is 33.7. The van der Waals surface area contributed by atoms with Gasteiger partial charge in [0.05, 0.1) is 17.9 Å². The van der Waals surface area contributed by atoms with Crippen molar-refractivity contribution in [2.45, 2.75) is 95.2 Å². The van der Waals surface area contributed by atoms with Crippen LogP contribution in [0.5, 0.6) is 0 Å². The fourth-order valence-corrected chi connectivity index (χ4v) is 9.52. The molecule has 2 atom stereocenters. The molecule has 3 N–H and O–H groups in total. The van der Waals surface area contributed by atoms with E-state index in [9.17, 15) is 28.8 Å². The van der Waals surface area contributed by atoms with Crippen LogP contribution in [-0.2, 0) is 33.8 Å². The Morgan fingerprint density at radius 1 is 0.898 bits per heavy atom. The van der Waals surface area contributed by atoms with Crippen LogP contribution in [0.4, 0.5) is 10.6 Å². The molecule has 2 aromatic carbocycles. The molecule has 15 nitrogen and oxygen atoms in total. The van der Waals surface area contributed by atoms with Crippen molar-refractivity contribution in [3.63, 3.8) is 0 Å². The van der Waals surface area contributed by atoms with Crippen LogP contribution >= 0.6 is 0 Å². The van der Waals surface area contributed by atoms with Crippen molar-refractivity contribution < 1.29 is 28.8 Å². The number of nitrogens with two attached hydrogens (primary N) is 1. The number of nitrogens with zero attached hydrogens (tertiary/aromatic N) is 7. The lowest BCUT2D eigenvalue weighted by Gasteiger charge is -2.37. The van der Waals surface area contributed by atoms with Crippen molar-refractivity contribution in [1.29, 1.82) is 0 Å². The molecule has 8 rings (SSSR count). The summed E-state index contributed by atoms with van der Waals surface area (Å²) in [6.45, 7) is 4.69. The molecular formula is C44H53N9O6. The second kappa shape index (κ2) is 17.2. The Labute approximate surface area is 344 Å². The maximum atomic E-state index is 13.2. The van der Waals surface area contributed by atoms with E-state index in [-0.39, 0.29) is 41.9 Å². The molecule has 0 saturated carbocycles. The SMILES string of the molecule is CN1CCN([C@@H]2CCCN(c3cnc(C(N)=O)c(Cc4ccc(C5CCN(C(=O)CCCCc6cccc7c6CN(C6CCC(=O)NC6=O)C7=O)CC5)cc4)n3)C2)C1=O. The molecular weight excluding hydrogens is 751 g/mol. The minimum atomic E-state index is -0.638. The number of nitrogens with one attached hydrogen (secondary N) is 1. The summed E-state index contributed by atoms with van der Waals surface area (Å²) in [4.78, 5) is 94.3. The van der Waals surface area contributed by atoms with Gasteiger partial charge in [0, 0.05) is 77.7 Å². The van der Waals surface area contributed by atoms with Crippen molar-refractivity contribution in [2.75, 3.05) is 51.2 Å². The average molecular weight is 804 g/mol. The van der Waals surface area contributed by atoms with Gasteiger partial charge in [-0.25, -0.2) is 14.8 Å². The second-order valence-electron chi connectivity index (χ2n) is 16.7. The number of hydrogen-bond acceptors (Lipinski definition) is 9. The van der Waals surface area contributed by atoms with Gasteiger partial charge in [-0.15, -0.1) is 0 Å². The number of carbonyl (C=O) groups excluding carboxylic acids is 6. The van der Waals surface area contributed by atoms with E-state index in [0.717, 1.165) is 81.3 Å². The Hall–Kier alpha value is -5.86. The summed E-state index contributed by atoms with van der Waals surface area (Å²) in [5.74, 6) is -0.305.